The Kier molecular flexibility index (Phi) is 3.19. The van der Waals surface area contributed by atoms with E-state index < -0.39 is 11.9 Å². The number of carbonyl (C=O) groups is 1. The van der Waals surface area contributed by atoms with Gasteiger partial charge >= 0.3 is 5.97 Å². The number of carboxylic acid groups (broad SMARTS) is 1. The third-order valence-electron chi connectivity index (χ3n) is 3.15. The molecular formula is C14H15NO3. The molecule has 0 spiro atoms. The van der Waals surface area contributed by atoms with E-state index in [2.05, 4.69) is 0 Å². The van der Waals surface area contributed by atoms with Crippen LogP contribution >= 0.6 is 0 Å². The second-order valence-corrected chi connectivity index (χ2v) is 4.54. The number of carboxylic acids is 1. The molecule has 2 rings (SSSR count). The lowest BCUT2D eigenvalue weighted by Crippen LogP contribution is -2.24. The van der Waals surface area contributed by atoms with Crippen LogP contribution in [0.1, 0.15) is 12.5 Å². The highest BCUT2D eigenvalue weighted by Gasteiger charge is 2.15. The monoisotopic (exact) mass is 245 g/mol. The second kappa shape index (κ2) is 4.64. The van der Waals surface area contributed by atoms with Crippen LogP contribution in [0.2, 0.25) is 0 Å². The van der Waals surface area contributed by atoms with Crippen LogP contribution in [0.4, 0.5) is 0 Å². The molecule has 4 heteroatoms. The Morgan fingerprint density at radius 1 is 1.39 bits per heavy atom. The summed E-state index contributed by atoms with van der Waals surface area (Å²) in [6.45, 7) is 1.61. The van der Waals surface area contributed by atoms with Crippen molar-refractivity contribution in [2.75, 3.05) is 0 Å². The minimum absolute atomic E-state index is 0.123. The van der Waals surface area contributed by atoms with Crippen LogP contribution in [0.5, 0.6) is 0 Å². The first-order chi connectivity index (χ1) is 8.50. The van der Waals surface area contributed by atoms with Gasteiger partial charge in [0.15, 0.2) is 0 Å². The van der Waals surface area contributed by atoms with E-state index in [9.17, 15) is 9.59 Å². The molecule has 1 aromatic carbocycles. The van der Waals surface area contributed by atoms with E-state index in [1.807, 2.05) is 24.3 Å². The number of hydrogen-bond acceptors (Lipinski definition) is 2. The highest BCUT2D eigenvalue weighted by Crippen LogP contribution is 2.14. The van der Waals surface area contributed by atoms with Crippen molar-refractivity contribution < 1.29 is 9.90 Å². The van der Waals surface area contributed by atoms with Crippen molar-refractivity contribution in [2.24, 2.45) is 13.0 Å². The van der Waals surface area contributed by atoms with Gasteiger partial charge in [0.1, 0.15) is 0 Å². The average Bonchev–Trinajstić information content (AvgIpc) is 2.35. The molecule has 1 aromatic heterocycles. The van der Waals surface area contributed by atoms with Crippen molar-refractivity contribution in [2.45, 2.75) is 13.3 Å². The predicted octanol–water partition coefficient (Wildman–Crippen LogP) is 1.80. The fraction of sp³-hybridized carbons (Fsp3) is 0.286. The van der Waals surface area contributed by atoms with Gasteiger partial charge in [-0.1, -0.05) is 25.1 Å². The molecule has 0 aliphatic rings. The van der Waals surface area contributed by atoms with Gasteiger partial charge in [0.05, 0.1) is 11.4 Å². The van der Waals surface area contributed by atoms with E-state index in [0.717, 1.165) is 10.9 Å². The van der Waals surface area contributed by atoms with Crippen molar-refractivity contribution in [3.63, 3.8) is 0 Å². The Hall–Kier alpha value is -2.10. The van der Waals surface area contributed by atoms with E-state index in [-0.39, 0.29) is 12.0 Å². The average molecular weight is 245 g/mol. The molecule has 1 heterocycles. The van der Waals surface area contributed by atoms with Crippen LogP contribution < -0.4 is 5.56 Å². The summed E-state index contributed by atoms with van der Waals surface area (Å²) in [5.41, 5.74) is 1.28. The third-order valence-corrected chi connectivity index (χ3v) is 3.15. The smallest absolute Gasteiger partial charge is 0.306 e. The number of hydrogen-bond donors (Lipinski definition) is 1. The molecule has 0 fully saturated rings. The SMILES string of the molecule is CC(Cc1cc2ccccc2n(C)c1=O)C(=O)O. The van der Waals surface area contributed by atoms with Crippen molar-refractivity contribution in [1.29, 1.82) is 0 Å². The molecule has 0 amide bonds. The molecule has 0 aliphatic heterocycles. The van der Waals surface area contributed by atoms with E-state index in [4.69, 9.17) is 5.11 Å². The van der Waals surface area contributed by atoms with E-state index in [1.54, 1.807) is 24.6 Å². The second-order valence-electron chi connectivity index (χ2n) is 4.54. The molecule has 2 aromatic rings. The summed E-state index contributed by atoms with van der Waals surface area (Å²) < 4.78 is 1.57. The number of benzene rings is 1. The zero-order chi connectivity index (χ0) is 13.3. The maximum Gasteiger partial charge on any atom is 0.306 e. The topological polar surface area (TPSA) is 59.3 Å². The highest BCUT2D eigenvalue weighted by atomic mass is 16.4. The first-order valence-corrected chi connectivity index (χ1v) is 5.81. The van der Waals surface area contributed by atoms with Gasteiger partial charge in [-0.05, 0) is 23.9 Å². The molecule has 1 unspecified atom stereocenters. The molecule has 1 N–H and O–H groups in total. The maximum atomic E-state index is 12.1. The minimum Gasteiger partial charge on any atom is -0.481 e. The molecule has 18 heavy (non-hydrogen) atoms. The number of aromatic nitrogens is 1. The number of fused-ring (bicyclic) bond motifs is 1. The zero-order valence-corrected chi connectivity index (χ0v) is 10.4. The Balaban J connectivity index is 2.56. The molecule has 0 radical (unpaired) electrons. The molecule has 4 nitrogen and oxygen atoms in total. The fourth-order valence-corrected chi connectivity index (χ4v) is 2.05. The molecule has 0 saturated carbocycles. The molecular weight excluding hydrogens is 230 g/mol. The van der Waals surface area contributed by atoms with Gasteiger partial charge in [-0.15, -0.1) is 0 Å². The summed E-state index contributed by atoms with van der Waals surface area (Å²) in [5.74, 6) is -1.44. The van der Waals surface area contributed by atoms with Crippen molar-refractivity contribution >= 4 is 16.9 Å². The van der Waals surface area contributed by atoms with E-state index in [1.165, 1.54) is 0 Å². The van der Waals surface area contributed by atoms with Crippen LogP contribution in [0, 0.1) is 5.92 Å². The van der Waals surface area contributed by atoms with Gasteiger partial charge in [0, 0.05) is 12.6 Å². The fourth-order valence-electron chi connectivity index (χ4n) is 2.05. The van der Waals surface area contributed by atoms with Gasteiger partial charge in [-0.2, -0.15) is 0 Å². The van der Waals surface area contributed by atoms with Gasteiger partial charge in [-0.3, -0.25) is 9.59 Å². The summed E-state index contributed by atoms with van der Waals surface area (Å²) >= 11 is 0. The van der Waals surface area contributed by atoms with Gasteiger partial charge in [0.2, 0.25) is 0 Å². The number of para-hydroxylation sites is 1. The first-order valence-electron chi connectivity index (χ1n) is 5.81. The van der Waals surface area contributed by atoms with Gasteiger partial charge in [-0.25, -0.2) is 0 Å². The molecule has 94 valence electrons. The lowest BCUT2D eigenvalue weighted by molar-refractivity contribution is -0.141. The van der Waals surface area contributed by atoms with E-state index >= 15 is 0 Å². The Morgan fingerprint density at radius 3 is 2.72 bits per heavy atom. The van der Waals surface area contributed by atoms with Crippen LogP contribution in [0.15, 0.2) is 35.1 Å². The van der Waals surface area contributed by atoms with Crippen LogP contribution in [0.3, 0.4) is 0 Å². The number of aryl methyl sites for hydroxylation is 1. The van der Waals surface area contributed by atoms with Crippen molar-refractivity contribution in [3.05, 3.63) is 46.2 Å². The Morgan fingerprint density at radius 2 is 2.06 bits per heavy atom. The number of aliphatic carboxylic acids is 1. The number of pyridine rings is 1. The first kappa shape index (κ1) is 12.4. The lowest BCUT2D eigenvalue weighted by atomic mass is 10.0. The minimum atomic E-state index is -0.884. The summed E-state index contributed by atoms with van der Waals surface area (Å²) in [5, 5.41) is 9.86. The highest BCUT2D eigenvalue weighted by molar-refractivity contribution is 5.79. The maximum absolute atomic E-state index is 12.1. The van der Waals surface area contributed by atoms with Crippen LogP contribution in [0.25, 0.3) is 10.9 Å². The zero-order valence-electron chi connectivity index (χ0n) is 10.4. The molecule has 1 atom stereocenters. The quantitative estimate of drug-likeness (QED) is 0.897. The van der Waals surface area contributed by atoms with Gasteiger partial charge < -0.3 is 9.67 Å². The largest absolute Gasteiger partial charge is 0.481 e. The standard InChI is InChI=1S/C14H15NO3/c1-9(14(17)18)7-11-8-10-5-3-4-6-12(10)15(2)13(11)16/h3-6,8-9H,7H2,1-2H3,(H,17,18). The lowest BCUT2D eigenvalue weighted by Gasteiger charge is -2.10. The number of nitrogens with zero attached hydrogens (tertiary/aromatic N) is 1. The van der Waals surface area contributed by atoms with Crippen LogP contribution in [-0.4, -0.2) is 15.6 Å². The van der Waals surface area contributed by atoms with Gasteiger partial charge in [0.25, 0.3) is 5.56 Å². The Labute approximate surface area is 104 Å². The third kappa shape index (κ3) is 2.14. The Bertz CT molecular complexity index is 658. The summed E-state index contributed by atoms with van der Waals surface area (Å²) in [7, 11) is 1.71. The summed E-state index contributed by atoms with van der Waals surface area (Å²) in [6, 6.07) is 9.36. The van der Waals surface area contributed by atoms with Crippen molar-refractivity contribution in [1.82, 2.24) is 4.57 Å². The normalized spacial score (nSPS) is 12.6. The predicted molar refractivity (Wildman–Crippen MR) is 69.7 cm³/mol. The molecule has 0 aliphatic carbocycles. The summed E-state index contributed by atoms with van der Waals surface area (Å²) in [4.78, 5) is 23.0. The summed E-state index contributed by atoms with van der Waals surface area (Å²) in [6.07, 6.45) is 0.257. The number of rotatable bonds is 3. The molecule has 0 saturated heterocycles. The molecule has 0 bridgehead atoms. The van der Waals surface area contributed by atoms with E-state index in [0.29, 0.717) is 5.56 Å². The van der Waals surface area contributed by atoms with Crippen molar-refractivity contribution in [3.8, 4) is 0 Å². The van der Waals surface area contributed by atoms with Crippen LogP contribution in [-0.2, 0) is 18.3 Å².